The first-order valence-corrected chi connectivity index (χ1v) is 3.24. The van der Waals surface area contributed by atoms with E-state index in [2.05, 4.69) is 9.97 Å². The number of rotatable bonds is 1. The minimum absolute atomic E-state index is 0. The molecule has 0 aromatic carbocycles. The van der Waals surface area contributed by atoms with Gasteiger partial charge in [-0.05, 0) is 24.3 Å². The first-order chi connectivity index (χ1) is 4.97. The summed E-state index contributed by atoms with van der Waals surface area (Å²) >= 11 is 0. The lowest BCUT2D eigenvalue weighted by Gasteiger charge is -1.88. The van der Waals surface area contributed by atoms with Crippen LogP contribution in [0.15, 0.2) is 36.7 Å². The maximum Gasteiger partial charge on any atom is 0.0619 e. The van der Waals surface area contributed by atoms with Crippen molar-refractivity contribution in [2.24, 2.45) is 0 Å². The van der Waals surface area contributed by atoms with Gasteiger partial charge in [-0.25, -0.2) is 0 Å². The predicted molar refractivity (Wildman–Crippen MR) is 47.8 cm³/mol. The molecule has 58 valence electrons. The second-order valence-corrected chi connectivity index (χ2v) is 2.17. The maximum atomic E-state index is 3.11. The molecule has 0 atom stereocenters. The van der Waals surface area contributed by atoms with E-state index in [1.54, 1.807) is 0 Å². The number of aromatic nitrogens is 2. The second kappa shape index (κ2) is 3.30. The van der Waals surface area contributed by atoms with Crippen LogP contribution in [-0.2, 0) is 0 Å². The van der Waals surface area contributed by atoms with Crippen LogP contribution in [0.1, 0.15) is 0 Å². The van der Waals surface area contributed by atoms with Crippen molar-refractivity contribution in [3.63, 3.8) is 0 Å². The van der Waals surface area contributed by atoms with Gasteiger partial charge in [-0.1, -0.05) is 0 Å². The Kier molecular flexibility index (Phi) is 2.39. The number of aromatic amines is 2. The Labute approximate surface area is 71.1 Å². The lowest BCUT2D eigenvalue weighted by atomic mass is 10.3. The van der Waals surface area contributed by atoms with E-state index in [9.17, 15) is 0 Å². The van der Waals surface area contributed by atoms with Crippen LogP contribution in [0.2, 0.25) is 0 Å². The van der Waals surface area contributed by atoms with Crippen molar-refractivity contribution in [1.29, 1.82) is 0 Å². The van der Waals surface area contributed by atoms with Crippen molar-refractivity contribution >= 4 is 12.4 Å². The Balaban J connectivity index is 0.000000605. The van der Waals surface area contributed by atoms with Crippen LogP contribution in [0.5, 0.6) is 0 Å². The molecular weight excluding hydrogens is 160 g/mol. The molecule has 0 saturated carbocycles. The third kappa shape index (κ3) is 1.46. The second-order valence-electron chi connectivity index (χ2n) is 2.17. The summed E-state index contributed by atoms with van der Waals surface area (Å²) in [5, 5.41) is 0. The fourth-order valence-electron chi connectivity index (χ4n) is 0.996. The van der Waals surface area contributed by atoms with Crippen LogP contribution >= 0.6 is 12.4 Å². The molecule has 2 N–H and O–H groups in total. The Morgan fingerprint density at radius 3 is 1.55 bits per heavy atom. The highest BCUT2D eigenvalue weighted by atomic mass is 35.5. The zero-order valence-electron chi connectivity index (χ0n) is 5.87. The third-order valence-corrected chi connectivity index (χ3v) is 1.49. The summed E-state index contributed by atoms with van der Waals surface area (Å²) < 4.78 is 0. The van der Waals surface area contributed by atoms with Gasteiger partial charge in [-0.15, -0.1) is 12.4 Å². The summed E-state index contributed by atoms with van der Waals surface area (Å²) in [5.74, 6) is 0. The average molecular weight is 169 g/mol. The molecular formula is C8H9ClN2. The van der Waals surface area contributed by atoms with Crippen LogP contribution < -0.4 is 0 Å². The van der Waals surface area contributed by atoms with Gasteiger partial charge in [-0.2, -0.15) is 0 Å². The molecule has 11 heavy (non-hydrogen) atoms. The van der Waals surface area contributed by atoms with Crippen LogP contribution in [0, 0.1) is 0 Å². The molecule has 0 spiro atoms. The van der Waals surface area contributed by atoms with E-state index in [1.165, 1.54) is 0 Å². The zero-order valence-corrected chi connectivity index (χ0v) is 6.69. The standard InChI is InChI=1S/C8H8N2.ClH/c1-3-7(9-5-1)8-4-2-6-10-8;/h1-6,9-10H;1H. The number of H-pyrrole nitrogens is 2. The molecule has 0 fully saturated rings. The smallest absolute Gasteiger partial charge is 0.0619 e. The molecule has 2 heterocycles. The van der Waals surface area contributed by atoms with Gasteiger partial charge >= 0.3 is 0 Å². The van der Waals surface area contributed by atoms with Crippen molar-refractivity contribution < 1.29 is 0 Å². The number of halogens is 1. The minimum Gasteiger partial charge on any atom is -0.360 e. The number of nitrogens with one attached hydrogen (secondary N) is 2. The molecule has 0 amide bonds. The van der Waals surface area contributed by atoms with E-state index >= 15 is 0 Å². The predicted octanol–water partition coefficient (Wildman–Crippen LogP) is 2.43. The topological polar surface area (TPSA) is 31.6 Å². The molecule has 2 rings (SSSR count). The fourth-order valence-corrected chi connectivity index (χ4v) is 0.996. The van der Waals surface area contributed by atoms with E-state index in [1.807, 2.05) is 36.7 Å². The van der Waals surface area contributed by atoms with Gasteiger partial charge < -0.3 is 9.97 Å². The van der Waals surface area contributed by atoms with E-state index in [-0.39, 0.29) is 12.4 Å². The quantitative estimate of drug-likeness (QED) is 0.656. The average Bonchev–Trinajstić information content (AvgIpc) is 2.59. The summed E-state index contributed by atoms with van der Waals surface area (Å²) in [7, 11) is 0. The Morgan fingerprint density at radius 1 is 0.818 bits per heavy atom. The SMILES string of the molecule is Cl.c1c[nH]c(-c2ccc[nH]2)c1. The summed E-state index contributed by atoms with van der Waals surface area (Å²) in [5.41, 5.74) is 2.26. The van der Waals surface area contributed by atoms with E-state index in [0.717, 1.165) is 11.4 Å². The Bertz CT molecular complexity index is 252. The Morgan fingerprint density at radius 2 is 1.27 bits per heavy atom. The molecule has 0 aliphatic rings. The van der Waals surface area contributed by atoms with Crippen LogP contribution in [-0.4, -0.2) is 9.97 Å². The molecule has 0 saturated heterocycles. The summed E-state index contributed by atoms with van der Waals surface area (Å²) in [6.45, 7) is 0. The van der Waals surface area contributed by atoms with Crippen LogP contribution in [0.25, 0.3) is 11.4 Å². The van der Waals surface area contributed by atoms with E-state index < -0.39 is 0 Å². The van der Waals surface area contributed by atoms with E-state index in [0.29, 0.717) is 0 Å². The van der Waals surface area contributed by atoms with Crippen molar-refractivity contribution in [3.05, 3.63) is 36.7 Å². The van der Waals surface area contributed by atoms with Crippen molar-refractivity contribution in [3.8, 4) is 11.4 Å². The zero-order chi connectivity index (χ0) is 6.81. The van der Waals surface area contributed by atoms with Crippen molar-refractivity contribution in [2.75, 3.05) is 0 Å². The van der Waals surface area contributed by atoms with Gasteiger partial charge in [-0.3, -0.25) is 0 Å². The van der Waals surface area contributed by atoms with Gasteiger partial charge in [0.2, 0.25) is 0 Å². The molecule has 0 unspecified atom stereocenters. The molecule has 3 heteroatoms. The molecule has 2 aromatic heterocycles. The normalized spacial score (nSPS) is 9.09. The highest BCUT2D eigenvalue weighted by Gasteiger charge is 1.94. The van der Waals surface area contributed by atoms with Gasteiger partial charge in [0.05, 0.1) is 11.4 Å². The Hall–Kier alpha value is -1.15. The van der Waals surface area contributed by atoms with Gasteiger partial charge in [0.25, 0.3) is 0 Å². The highest BCUT2D eigenvalue weighted by Crippen LogP contribution is 2.12. The van der Waals surface area contributed by atoms with Crippen molar-refractivity contribution in [1.82, 2.24) is 9.97 Å². The lowest BCUT2D eigenvalue weighted by molar-refractivity contribution is 1.33. The molecule has 0 aliphatic heterocycles. The summed E-state index contributed by atoms with van der Waals surface area (Å²) in [6, 6.07) is 8.03. The van der Waals surface area contributed by atoms with E-state index in [4.69, 9.17) is 0 Å². The minimum atomic E-state index is 0. The van der Waals surface area contributed by atoms with Gasteiger partial charge in [0, 0.05) is 12.4 Å². The van der Waals surface area contributed by atoms with Crippen LogP contribution in [0.3, 0.4) is 0 Å². The monoisotopic (exact) mass is 168 g/mol. The molecule has 0 radical (unpaired) electrons. The fraction of sp³-hybridized carbons (Fsp3) is 0. The molecule has 2 nitrogen and oxygen atoms in total. The largest absolute Gasteiger partial charge is 0.360 e. The van der Waals surface area contributed by atoms with Crippen LogP contribution in [0.4, 0.5) is 0 Å². The molecule has 0 bridgehead atoms. The van der Waals surface area contributed by atoms with Gasteiger partial charge in [0.1, 0.15) is 0 Å². The lowest BCUT2D eigenvalue weighted by Crippen LogP contribution is -1.72. The first-order valence-electron chi connectivity index (χ1n) is 3.24. The maximum absolute atomic E-state index is 3.11. The summed E-state index contributed by atoms with van der Waals surface area (Å²) in [6.07, 6.45) is 3.83. The van der Waals surface area contributed by atoms with Crippen molar-refractivity contribution in [2.45, 2.75) is 0 Å². The summed E-state index contributed by atoms with van der Waals surface area (Å²) in [4.78, 5) is 6.22. The molecule has 2 aromatic rings. The van der Waals surface area contributed by atoms with Gasteiger partial charge in [0.15, 0.2) is 0 Å². The third-order valence-electron chi connectivity index (χ3n) is 1.49. The number of hydrogen-bond donors (Lipinski definition) is 2. The number of hydrogen-bond acceptors (Lipinski definition) is 0. The molecule has 0 aliphatic carbocycles. The highest BCUT2D eigenvalue weighted by molar-refractivity contribution is 5.85. The first kappa shape index (κ1) is 7.95.